The molecule has 0 heterocycles. The molecule has 14 nitrogen and oxygen atoms in total. The van der Waals surface area contributed by atoms with E-state index in [1.807, 2.05) is 0 Å². The van der Waals surface area contributed by atoms with E-state index in [4.69, 9.17) is 18.9 Å². The summed E-state index contributed by atoms with van der Waals surface area (Å²) in [6.45, 7) is 3.58. The minimum absolute atomic E-state index is 0.113. The largest absolute Gasteiger partial charge is 0.458 e. The fraction of sp³-hybridized carbons (Fsp3) is 0.407. The fourth-order valence-corrected chi connectivity index (χ4v) is 8.93. The molecule has 0 atom stereocenters. The number of carbonyl (C=O) groups excluding carboxylic acids is 4. The summed E-state index contributed by atoms with van der Waals surface area (Å²) in [6.07, 6.45) is 20.1. The van der Waals surface area contributed by atoms with Crippen LogP contribution in [0.1, 0.15) is 126 Å². The lowest BCUT2D eigenvalue weighted by Gasteiger charge is -2.27. The van der Waals surface area contributed by atoms with Crippen LogP contribution < -0.4 is 9.47 Å². The molecule has 2 saturated carbocycles. The van der Waals surface area contributed by atoms with Gasteiger partial charge < -0.3 is 18.9 Å². The number of nitrogens with zero attached hydrogens (tertiary/aromatic N) is 2. The highest BCUT2D eigenvalue weighted by atomic mass is 16.6. The monoisotopic (exact) mass is 928 g/mol. The summed E-state index contributed by atoms with van der Waals surface area (Å²) in [7, 11) is 0. The second kappa shape index (κ2) is 25.3. The molecule has 0 spiro atoms. The first-order chi connectivity index (χ1) is 32.9. The molecule has 4 aromatic carbocycles. The summed E-state index contributed by atoms with van der Waals surface area (Å²) in [6, 6.07) is 21.3. The van der Waals surface area contributed by atoms with Crippen LogP contribution >= 0.6 is 0 Å². The van der Waals surface area contributed by atoms with E-state index < -0.39 is 35.0 Å². The molecule has 0 bridgehead atoms. The van der Waals surface area contributed by atoms with Crippen LogP contribution in [0.5, 0.6) is 11.5 Å². The van der Waals surface area contributed by atoms with E-state index in [2.05, 4.69) is 13.8 Å². The van der Waals surface area contributed by atoms with Crippen LogP contribution in [0.3, 0.4) is 0 Å². The zero-order chi connectivity index (χ0) is 48.4. The van der Waals surface area contributed by atoms with Crippen LogP contribution in [0.15, 0.2) is 97.1 Å². The molecule has 0 unspecified atom stereocenters. The molecular weight excluding hydrogens is 869 g/mol. The summed E-state index contributed by atoms with van der Waals surface area (Å²) >= 11 is 0. The third-order valence-corrected chi connectivity index (χ3v) is 12.9. The molecule has 4 aromatic rings. The van der Waals surface area contributed by atoms with Crippen molar-refractivity contribution in [1.29, 1.82) is 0 Å². The molecule has 0 N–H and O–H groups in total. The van der Waals surface area contributed by atoms with Gasteiger partial charge in [-0.05, 0) is 134 Å². The molecule has 0 amide bonds. The Labute approximate surface area is 397 Å². The number of non-ortho nitro benzene ring substituents is 2. The second-order valence-corrected chi connectivity index (χ2v) is 17.8. The van der Waals surface area contributed by atoms with Gasteiger partial charge in [-0.15, -0.1) is 0 Å². The Hall–Kier alpha value is -6.96. The number of nitro groups is 2. The lowest BCUT2D eigenvalue weighted by Crippen LogP contribution is -2.25. The molecule has 2 aliphatic rings. The highest BCUT2D eigenvalue weighted by Gasteiger charge is 2.29. The third-order valence-electron chi connectivity index (χ3n) is 12.9. The number of nitro benzene ring substituents is 2. The van der Waals surface area contributed by atoms with Gasteiger partial charge in [-0.25, -0.2) is 9.59 Å². The van der Waals surface area contributed by atoms with Gasteiger partial charge in [0.25, 0.3) is 11.4 Å². The predicted molar refractivity (Wildman–Crippen MR) is 257 cm³/mol. The predicted octanol–water partition coefficient (Wildman–Crippen LogP) is 12.5. The van der Waals surface area contributed by atoms with Crippen molar-refractivity contribution >= 4 is 47.4 Å². The van der Waals surface area contributed by atoms with Gasteiger partial charge in [0.15, 0.2) is 0 Å². The van der Waals surface area contributed by atoms with Gasteiger partial charge in [0.05, 0.1) is 21.7 Å². The number of rotatable bonds is 21. The number of esters is 4. The maximum atomic E-state index is 12.9. The van der Waals surface area contributed by atoms with Gasteiger partial charge in [-0.2, -0.15) is 0 Å². The minimum Gasteiger partial charge on any atom is -0.458 e. The van der Waals surface area contributed by atoms with Gasteiger partial charge in [0, 0.05) is 47.5 Å². The number of hydrogen-bond acceptors (Lipinski definition) is 12. The van der Waals surface area contributed by atoms with E-state index in [1.54, 1.807) is 48.5 Å². The zero-order valence-electron chi connectivity index (χ0n) is 38.8. The number of hydrogen-bond donors (Lipinski definition) is 0. The normalized spacial score (nSPS) is 18.2. The molecule has 0 aliphatic heterocycles. The Morgan fingerprint density at radius 2 is 0.912 bits per heavy atom. The Morgan fingerprint density at radius 1 is 0.544 bits per heavy atom. The van der Waals surface area contributed by atoms with Crippen LogP contribution in [-0.4, -0.2) is 33.7 Å². The van der Waals surface area contributed by atoms with E-state index in [-0.39, 0.29) is 46.3 Å². The van der Waals surface area contributed by atoms with Gasteiger partial charge in [0.1, 0.15) is 24.7 Å². The first kappa shape index (κ1) is 50.5. The third kappa shape index (κ3) is 15.0. The molecular formula is C54H60N2O12. The number of unbranched alkanes of at least 4 members (excludes halogenated alkanes) is 2. The summed E-state index contributed by atoms with van der Waals surface area (Å²) in [5.41, 5.74) is 1.89. The average Bonchev–Trinajstić information content (AvgIpc) is 3.35. The van der Waals surface area contributed by atoms with Crippen molar-refractivity contribution in [3.63, 3.8) is 0 Å². The van der Waals surface area contributed by atoms with Crippen molar-refractivity contribution in [2.45, 2.75) is 117 Å². The second-order valence-electron chi connectivity index (χ2n) is 17.8. The van der Waals surface area contributed by atoms with Gasteiger partial charge in [0.2, 0.25) is 0 Å². The molecule has 358 valence electrons. The standard InChI is InChI=1S/C54H60N2O12/c1-3-5-7-37-9-19-41(20-10-37)53(59)67-47-25-13-39(14-26-47)17-31-51(57)65-35-43-33-45(55(61)62)23-29-49(43)50-30-24-46(56(63)64)34-44(50)36-66-52(58)32-18-40-15-27-48(28-16-40)68-54(60)42-21-11-38(12-22-42)8-6-4-2/h13-18,23-34,37-38,41-42H,3-12,19-22,35-36H2,1-2H3. The Kier molecular flexibility index (Phi) is 18.7. The van der Waals surface area contributed by atoms with Crippen molar-refractivity contribution in [2.75, 3.05) is 0 Å². The Morgan fingerprint density at radius 3 is 1.25 bits per heavy atom. The highest BCUT2D eigenvalue weighted by Crippen LogP contribution is 2.36. The van der Waals surface area contributed by atoms with Crippen LogP contribution in [-0.2, 0) is 41.9 Å². The number of carbonyl (C=O) groups is 4. The van der Waals surface area contributed by atoms with Crippen molar-refractivity contribution in [3.8, 4) is 22.6 Å². The number of benzene rings is 4. The molecule has 2 aliphatic carbocycles. The van der Waals surface area contributed by atoms with Crippen molar-refractivity contribution < 1.29 is 48.0 Å². The van der Waals surface area contributed by atoms with Crippen LogP contribution in [0.2, 0.25) is 0 Å². The topological polar surface area (TPSA) is 191 Å². The van der Waals surface area contributed by atoms with Gasteiger partial charge in [-0.3, -0.25) is 29.8 Å². The van der Waals surface area contributed by atoms with E-state index in [9.17, 15) is 39.4 Å². The Bertz CT molecular complexity index is 2270. The summed E-state index contributed by atoms with van der Waals surface area (Å²) < 4.78 is 22.3. The molecule has 0 saturated heterocycles. The first-order valence-corrected chi connectivity index (χ1v) is 23.8. The zero-order valence-corrected chi connectivity index (χ0v) is 38.8. The van der Waals surface area contributed by atoms with Crippen LogP contribution in [0, 0.1) is 43.9 Å². The molecule has 2 fully saturated rings. The van der Waals surface area contributed by atoms with Crippen LogP contribution in [0.25, 0.3) is 23.3 Å². The van der Waals surface area contributed by atoms with Crippen molar-refractivity contribution in [2.24, 2.45) is 23.7 Å². The summed E-state index contributed by atoms with van der Waals surface area (Å²) in [5, 5.41) is 23.6. The summed E-state index contributed by atoms with van der Waals surface area (Å²) in [5.74, 6) is -0.00773. The lowest BCUT2D eigenvalue weighted by atomic mass is 9.80. The SMILES string of the molecule is CCCCC1CCC(C(=O)Oc2ccc(C=CC(=O)OCc3cc([N+](=O)[O-])ccc3-c3ccc([N+](=O)[O-])cc3COC(=O)C=Cc3ccc(OC(=O)C4CCC(CCCC)CC4)cc3)cc2)CC1. The molecule has 14 heteroatoms. The van der Waals surface area contributed by atoms with Crippen molar-refractivity contribution in [1.82, 2.24) is 0 Å². The molecule has 68 heavy (non-hydrogen) atoms. The maximum Gasteiger partial charge on any atom is 0.331 e. The molecule has 6 rings (SSSR count). The van der Waals surface area contributed by atoms with E-state index in [1.165, 1.54) is 99.2 Å². The quantitative estimate of drug-likeness (QED) is 0.0253. The van der Waals surface area contributed by atoms with Crippen molar-refractivity contribution in [3.05, 3.63) is 140 Å². The maximum absolute atomic E-state index is 12.9. The van der Waals surface area contributed by atoms with Crippen LogP contribution in [0.4, 0.5) is 11.4 Å². The molecule has 0 radical (unpaired) electrons. The first-order valence-electron chi connectivity index (χ1n) is 23.8. The average molecular weight is 929 g/mol. The smallest absolute Gasteiger partial charge is 0.331 e. The lowest BCUT2D eigenvalue weighted by molar-refractivity contribution is -0.385. The van der Waals surface area contributed by atoms with E-state index in [0.717, 1.165) is 51.4 Å². The summed E-state index contributed by atoms with van der Waals surface area (Å²) in [4.78, 5) is 73.9. The van der Waals surface area contributed by atoms with E-state index in [0.29, 0.717) is 45.6 Å². The minimum atomic E-state index is -0.747. The molecule has 0 aromatic heterocycles. The van der Waals surface area contributed by atoms with Gasteiger partial charge >= 0.3 is 23.9 Å². The van der Waals surface area contributed by atoms with Gasteiger partial charge in [-0.1, -0.05) is 76.6 Å². The van der Waals surface area contributed by atoms with E-state index >= 15 is 0 Å². The Balaban J connectivity index is 1.05. The fourth-order valence-electron chi connectivity index (χ4n) is 8.93. The number of ether oxygens (including phenoxy) is 4. The highest BCUT2D eigenvalue weighted by molar-refractivity contribution is 5.88.